The van der Waals surface area contributed by atoms with Gasteiger partial charge in [-0.2, -0.15) is 10.1 Å². The highest BCUT2D eigenvalue weighted by atomic mass is 16.5. The van der Waals surface area contributed by atoms with Gasteiger partial charge in [0.05, 0.1) is 12.3 Å². The summed E-state index contributed by atoms with van der Waals surface area (Å²) in [7, 11) is 1.51. The highest BCUT2D eigenvalue weighted by Gasteiger charge is 2.20. The topological polar surface area (TPSA) is 127 Å². The molecule has 180 valence electrons. The lowest BCUT2D eigenvalue weighted by molar-refractivity contribution is 0.0938. The largest absolute Gasteiger partial charge is 0.491 e. The minimum Gasteiger partial charge on any atom is -0.491 e. The number of aromatic amines is 1. The fraction of sp³-hybridized carbons (Fsp3) is 0.200. The van der Waals surface area contributed by atoms with Crippen molar-refractivity contribution in [2.75, 3.05) is 12.0 Å². The Bertz CT molecular complexity index is 1470. The van der Waals surface area contributed by atoms with Crippen LogP contribution in [0.25, 0.3) is 17.2 Å². The molecule has 0 unspecified atom stereocenters. The molecule has 0 bridgehead atoms. The number of aromatic nitrogens is 4. The van der Waals surface area contributed by atoms with E-state index in [2.05, 4.69) is 20.5 Å². The van der Waals surface area contributed by atoms with Crippen molar-refractivity contribution < 1.29 is 9.84 Å². The summed E-state index contributed by atoms with van der Waals surface area (Å²) in [5.74, 6) is 0.823. The minimum atomic E-state index is -0.965. The SMILES string of the molecule is CC(/C=C/c1ccccc1)=N\Nc1nc2c(c(=O)[nH]c(=O)n2C)n1C[C@@H](O)COc1ccccc1. The van der Waals surface area contributed by atoms with Gasteiger partial charge in [-0.1, -0.05) is 54.6 Å². The van der Waals surface area contributed by atoms with Gasteiger partial charge in [-0.25, -0.2) is 10.2 Å². The van der Waals surface area contributed by atoms with E-state index in [1.807, 2.05) is 67.6 Å². The molecule has 2 aromatic heterocycles. The second-order valence-corrected chi connectivity index (χ2v) is 7.92. The van der Waals surface area contributed by atoms with E-state index in [0.29, 0.717) is 11.5 Å². The van der Waals surface area contributed by atoms with Crippen molar-refractivity contribution in [2.45, 2.75) is 19.6 Å². The van der Waals surface area contributed by atoms with E-state index in [9.17, 15) is 14.7 Å². The number of hydrazone groups is 1. The summed E-state index contributed by atoms with van der Waals surface area (Å²) in [6, 6.07) is 18.9. The van der Waals surface area contributed by atoms with Crippen LogP contribution in [-0.4, -0.2) is 42.6 Å². The Hall–Kier alpha value is -4.44. The summed E-state index contributed by atoms with van der Waals surface area (Å²) in [4.78, 5) is 31.4. The number of H-pyrrole nitrogens is 1. The molecule has 0 saturated heterocycles. The molecule has 4 rings (SSSR count). The number of allylic oxidation sites excluding steroid dienone is 1. The molecule has 35 heavy (non-hydrogen) atoms. The van der Waals surface area contributed by atoms with Crippen LogP contribution in [0.3, 0.4) is 0 Å². The maximum Gasteiger partial charge on any atom is 0.329 e. The molecule has 2 heterocycles. The Balaban J connectivity index is 1.60. The molecule has 0 fully saturated rings. The third-order valence-corrected chi connectivity index (χ3v) is 5.23. The van der Waals surface area contributed by atoms with Crippen LogP contribution in [0.1, 0.15) is 12.5 Å². The number of aryl methyl sites for hydroxylation is 1. The zero-order valence-corrected chi connectivity index (χ0v) is 19.4. The van der Waals surface area contributed by atoms with E-state index in [1.165, 1.54) is 16.2 Å². The van der Waals surface area contributed by atoms with Gasteiger partial charge in [0, 0.05) is 7.05 Å². The number of imidazole rings is 1. The van der Waals surface area contributed by atoms with Crippen LogP contribution in [-0.2, 0) is 13.6 Å². The number of hydrogen-bond donors (Lipinski definition) is 3. The van der Waals surface area contributed by atoms with Crippen molar-refractivity contribution in [3.8, 4) is 5.75 Å². The fourth-order valence-corrected chi connectivity index (χ4v) is 3.43. The average molecular weight is 475 g/mol. The maximum absolute atomic E-state index is 12.6. The lowest BCUT2D eigenvalue weighted by Gasteiger charge is -2.15. The number of nitrogens with zero attached hydrogens (tertiary/aromatic N) is 4. The quantitative estimate of drug-likeness (QED) is 0.253. The molecule has 10 heteroatoms. The molecule has 0 aliphatic rings. The number of aliphatic hydroxyl groups is 1. The van der Waals surface area contributed by atoms with Gasteiger partial charge in [0.2, 0.25) is 5.95 Å². The van der Waals surface area contributed by atoms with Crippen molar-refractivity contribution in [3.05, 3.63) is 93.1 Å². The first-order chi connectivity index (χ1) is 16.9. The second-order valence-electron chi connectivity index (χ2n) is 7.92. The molecule has 2 aromatic carbocycles. The van der Waals surface area contributed by atoms with Gasteiger partial charge in [0.1, 0.15) is 18.5 Å². The second kappa shape index (κ2) is 10.7. The molecule has 10 nitrogen and oxygen atoms in total. The number of nitrogens with one attached hydrogen (secondary N) is 2. The number of hydrogen-bond acceptors (Lipinski definition) is 7. The van der Waals surface area contributed by atoms with Gasteiger partial charge in [-0.15, -0.1) is 0 Å². The Labute approximate surface area is 200 Å². The molecular weight excluding hydrogens is 448 g/mol. The molecule has 1 atom stereocenters. The van der Waals surface area contributed by atoms with Crippen LogP contribution >= 0.6 is 0 Å². The van der Waals surface area contributed by atoms with Gasteiger partial charge in [0.25, 0.3) is 5.56 Å². The number of para-hydroxylation sites is 1. The van der Waals surface area contributed by atoms with Crippen molar-refractivity contribution >= 4 is 28.9 Å². The molecule has 0 aliphatic heterocycles. The van der Waals surface area contributed by atoms with Crippen LogP contribution in [0, 0.1) is 0 Å². The monoisotopic (exact) mass is 474 g/mol. The zero-order valence-electron chi connectivity index (χ0n) is 19.4. The molecule has 0 spiro atoms. The summed E-state index contributed by atoms with van der Waals surface area (Å²) in [5, 5.41) is 15.0. The fourth-order valence-electron chi connectivity index (χ4n) is 3.43. The van der Waals surface area contributed by atoms with E-state index < -0.39 is 17.4 Å². The van der Waals surface area contributed by atoms with Crippen LogP contribution in [0.4, 0.5) is 5.95 Å². The van der Waals surface area contributed by atoms with E-state index in [-0.39, 0.29) is 30.3 Å². The number of benzene rings is 2. The summed E-state index contributed by atoms with van der Waals surface area (Å²) < 4.78 is 8.36. The predicted octanol–water partition coefficient (Wildman–Crippen LogP) is 2.36. The van der Waals surface area contributed by atoms with Crippen molar-refractivity contribution in [2.24, 2.45) is 12.1 Å². The van der Waals surface area contributed by atoms with E-state index in [0.717, 1.165) is 5.56 Å². The molecule has 0 aliphatic carbocycles. The predicted molar refractivity (Wildman–Crippen MR) is 136 cm³/mol. The van der Waals surface area contributed by atoms with Crippen LogP contribution in [0.15, 0.2) is 81.4 Å². The number of rotatable bonds is 9. The first-order valence-electron chi connectivity index (χ1n) is 11.0. The van der Waals surface area contributed by atoms with Gasteiger partial charge in [-0.05, 0) is 30.7 Å². The molecule has 0 radical (unpaired) electrons. The van der Waals surface area contributed by atoms with Crippen molar-refractivity contribution in [3.63, 3.8) is 0 Å². The van der Waals surface area contributed by atoms with Gasteiger partial charge < -0.3 is 14.4 Å². The Morgan fingerprint density at radius 1 is 1.17 bits per heavy atom. The zero-order chi connectivity index (χ0) is 24.8. The van der Waals surface area contributed by atoms with E-state index >= 15 is 0 Å². The standard InChI is InChI=1S/C25H26N6O4/c1-17(13-14-18-9-5-3-6-10-18)28-29-24-26-22-21(23(33)27-25(34)30(22)2)31(24)15-19(32)16-35-20-11-7-4-8-12-20/h3-14,19,32H,15-16H2,1-2H3,(H,26,29)(H,27,33,34)/b14-13+,28-17+/t19-/m1/s1. The van der Waals surface area contributed by atoms with Crippen molar-refractivity contribution in [1.82, 2.24) is 19.1 Å². The molecule has 0 amide bonds. The normalized spacial score (nSPS) is 12.8. The first-order valence-corrected chi connectivity index (χ1v) is 11.0. The van der Waals surface area contributed by atoms with E-state index in [4.69, 9.17) is 4.74 Å². The number of ether oxygens (including phenoxy) is 1. The number of aliphatic hydroxyl groups excluding tert-OH is 1. The molecule has 0 saturated carbocycles. The molecule has 4 aromatic rings. The maximum atomic E-state index is 12.6. The van der Waals surface area contributed by atoms with E-state index in [1.54, 1.807) is 12.1 Å². The number of anilines is 1. The molecular formula is C25H26N6O4. The van der Waals surface area contributed by atoms with Crippen molar-refractivity contribution in [1.29, 1.82) is 0 Å². The van der Waals surface area contributed by atoms with Gasteiger partial charge >= 0.3 is 5.69 Å². The summed E-state index contributed by atoms with van der Waals surface area (Å²) in [6.07, 6.45) is 2.79. The molecule has 3 N–H and O–H groups in total. The van der Waals surface area contributed by atoms with Gasteiger partial charge in [-0.3, -0.25) is 14.3 Å². The Morgan fingerprint density at radius 3 is 2.57 bits per heavy atom. The summed E-state index contributed by atoms with van der Waals surface area (Å²) >= 11 is 0. The Morgan fingerprint density at radius 2 is 1.86 bits per heavy atom. The minimum absolute atomic E-state index is 0.00505. The lowest BCUT2D eigenvalue weighted by atomic mass is 10.2. The third kappa shape index (κ3) is 5.74. The van der Waals surface area contributed by atoms with Crippen LogP contribution in [0.2, 0.25) is 0 Å². The van der Waals surface area contributed by atoms with Crippen LogP contribution in [0.5, 0.6) is 5.75 Å². The highest BCUT2D eigenvalue weighted by Crippen LogP contribution is 2.17. The Kier molecular flexibility index (Phi) is 7.22. The average Bonchev–Trinajstić information content (AvgIpc) is 3.23. The summed E-state index contributed by atoms with van der Waals surface area (Å²) in [6.45, 7) is 1.79. The third-order valence-electron chi connectivity index (χ3n) is 5.23. The smallest absolute Gasteiger partial charge is 0.329 e. The summed E-state index contributed by atoms with van der Waals surface area (Å²) in [5.41, 5.74) is 3.66. The first kappa shape index (κ1) is 23.7. The lowest BCUT2D eigenvalue weighted by Crippen LogP contribution is -2.30. The highest BCUT2D eigenvalue weighted by molar-refractivity contribution is 5.96. The number of fused-ring (bicyclic) bond motifs is 1. The van der Waals surface area contributed by atoms with Gasteiger partial charge in [0.15, 0.2) is 11.2 Å². The van der Waals surface area contributed by atoms with Crippen LogP contribution < -0.4 is 21.4 Å².